The second kappa shape index (κ2) is 8.99. The molecule has 0 unspecified atom stereocenters. The van der Waals surface area contributed by atoms with Gasteiger partial charge in [-0.25, -0.2) is 12.8 Å². The van der Waals surface area contributed by atoms with E-state index in [-0.39, 0.29) is 24.6 Å². The van der Waals surface area contributed by atoms with E-state index < -0.39 is 15.8 Å². The first-order valence-corrected chi connectivity index (χ1v) is 10.4. The van der Waals surface area contributed by atoms with Crippen LogP contribution in [0.4, 0.5) is 10.1 Å². The highest BCUT2D eigenvalue weighted by atomic mass is 32.2. The number of anilines is 1. The predicted molar refractivity (Wildman–Crippen MR) is 97.4 cm³/mol. The normalized spacial score (nSPS) is 14.7. The predicted octanol–water partition coefficient (Wildman–Crippen LogP) is 2.99. The summed E-state index contributed by atoms with van der Waals surface area (Å²) in [5.74, 6) is -0.713. The number of carbonyl (C=O) groups is 1. The molecule has 0 saturated carbocycles. The molecule has 0 atom stereocenters. The first kappa shape index (κ1) is 19.4. The SMILES string of the molecule is CS(=O)(=O)N(CCCC(=O)NCC1=CCCCC1)c1ccccc1F. The molecule has 0 aliphatic heterocycles. The molecule has 0 aromatic heterocycles. The maximum atomic E-state index is 13.9. The fraction of sp³-hybridized carbons (Fsp3) is 0.500. The van der Waals surface area contributed by atoms with Gasteiger partial charge in [0.05, 0.1) is 11.9 Å². The number of rotatable bonds is 8. The molecule has 1 aromatic rings. The van der Waals surface area contributed by atoms with Crippen molar-refractivity contribution in [2.45, 2.75) is 38.5 Å². The van der Waals surface area contributed by atoms with Crippen LogP contribution in [0, 0.1) is 5.82 Å². The minimum Gasteiger partial charge on any atom is -0.352 e. The molecule has 0 radical (unpaired) electrons. The van der Waals surface area contributed by atoms with Crippen molar-refractivity contribution in [2.24, 2.45) is 0 Å². The van der Waals surface area contributed by atoms with E-state index in [2.05, 4.69) is 11.4 Å². The van der Waals surface area contributed by atoms with Gasteiger partial charge in [-0.2, -0.15) is 0 Å². The first-order chi connectivity index (χ1) is 11.9. The van der Waals surface area contributed by atoms with Crippen molar-refractivity contribution < 1.29 is 17.6 Å². The fourth-order valence-electron chi connectivity index (χ4n) is 2.87. The number of allylic oxidation sites excluding steroid dienone is 1. The maximum Gasteiger partial charge on any atom is 0.232 e. The van der Waals surface area contributed by atoms with Gasteiger partial charge in [0.15, 0.2) is 0 Å². The second-order valence-electron chi connectivity index (χ2n) is 6.27. The van der Waals surface area contributed by atoms with Crippen molar-refractivity contribution in [3.63, 3.8) is 0 Å². The topological polar surface area (TPSA) is 66.5 Å². The van der Waals surface area contributed by atoms with Gasteiger partial charge in [0.1, 0.15) is 5.82 Å². The van der Waals surface area contributed by atoms with E-state index in [0.29, 0.717) is 13.0 Å². The average Bonchev–Trinajstić information content (AvgIpc) is 2.58. The summed E-state index contributed by atoms with van der Waals surface area (Å²) in [5, 5.41) is 2.87. The number of hydrogen-bond donors (Lipinski definition) is 1. The lowest BCUT2D eigenvalue weighted by Gasteiger charge is -2.22. The molecule has 0 saturated heterocycles. The van der Waals surface area contributed by atoms with Crippen LogP contribution >= 0.6 is 0 Å². The molecule has 0 spiro atoms. The van der Waals surface area contributed by atoms with Gasteiger partial charge in [-0.05, 0) is 44.2 Å². The van der Waals surface area contributed by atoms with Crippen molar-refractivity contribution >= 4 is 21.6 Å². The summed E-state index contributed by atoms with van der Waals surface area (Å²) in [6.45, 7) is 0.623. The number of nitrogens with one attached hydrogen (secondary N) is 1. The largest absolute Gasteiger partial charge is 0.352 e. The van der Waals surface area contributed by atoms with Crippen LogP contribution in [0.15, 0.2) is 35.9 Å². The molecule has 0 fully saturated rings. The van der Waals surface area contributed by atoms with Crippen molar-refractivity contribution in [3.05, 3.63) is 41.7 Å². The molecule has 1 aliphatic carbocycles. The summed E-state index contributed by atoms with van der Waals surface area (Å²) in [6.07, 6.45) is 8.19. The quantitative estimate of drug-likeness (QED) is 0.718. The molecule has 5 nitrogen and oxygen atoms in total. The minimum absolute atomic E-state index is 0.0118. The van der Waals surface area contributed by atoms with Crippen LogP contribution in [0.25, 0.3) is 0 Å². The van der Waals surface area contributed by atoms with Gasteiger partial charge in [-0.3, -0.25) is 9.10 Å². The Hall–Kier alpha value is -1.89. The molecule has 138 valence electrons. The van der Waals surface area contributed by atoms with E-state index in [0.717, 1.165) is 29.8 Å². The number of sulfonamides is 1. The maximum absolute atomic E-state index is 13.9. The van der Waals surface area contributed by atoms with E-state index in [1.54, 1.807) is 6.07 Å². The van der Waals surface area contributed by atoms with Gasteiger partial charge in [-0.1, -0.05) is 23.8 Å². The fourth-order valence-corrected chi connectivity index (χ4v) is 3.83. The van der Waals surface area contributed by atoms with Gasteiger partial charge in [0.2, 0.25) is 15.9 Å². The Balaban J connectivity index is 1.86. The summed E-state index contributed by atoms with van der Waals surface area (Å²) < 4.78 is 38.8. The first-order valence-electron chi connectivity index (χ1n) is 8.55. The third-order valence-corrected chi connectivity index (χ3v) is 5.36. The molecular formula is C18H25FN2O3S. The highest BCUT2D eigenvalue weighted by Gasteiger charge is 2.20. The Morgan fingerprint density at radius 2 is 2.04 bits per heavy atom. The molecular weight excluding hydrogens is 343 g/mol. The summed E-state index contributed by atoms with van der Waals surface area (Å²) in [4.78, 5) is 11.9. The number of para-hydroxylation sites is 1. The summed E-state index contributed by atoms with van der Waals surface area (Å²) >= 11 is 0. The van der Waals surface area contributed by atoms with Crippen molar-refractivity contribution in [3.8, 4) is 0 Å². The molecule has 7 heteroatoms. The van der Waals surface area contributed by atoms with Gasteiger partial charge in [0, 0.05) is 19.5 Å². The zero-order valence-corrected chi connectivity index (χ0v) is 15.3. The molecule has 25 heavy (non-hydrogen) atoms. The van der Waals surface area contributed by atoms with E-state index in [1.165, 1.54) is 30.2 Å². The Labute approximate surface area is 149 Å². The molecule has 0 heterocycles. The monoisotopic (exact) mass is 368 g/mol. The lowest BCUT2D eigenvalue weighted by atomic mass is 10.00. The number of amides is 1. The highest BCUT2D eigenvalue weighted by Crippen LogP contribution is 2.22. The average molecular weight is 368 g/mol. The van der Waals surface area contributed by atoms with Crippen LogP contribution in [0.2, 0.25) is 0 Å². The van der Waals surface area contributed by atoms with Gasteiger partial charge in [-0.15, -0.1) is 0 Å². The van der Waals surface area contributed by atoms with Crippen molar-refractivity contribution in [1.82, 2.24) is 5.32 Å². The van der Waals surface area contributed by atoms with Gasteiger partial charge < -0.3 is 5.32 Å². The van der Waals surface area contributed by atoms with Crippen LogP contribution in [-0.2, 0) is 14.8 Å². The minimum atomic E-state index is -3.62. The Kier molecular flexibility index (Phi) is 6.99. The number of nitrogens with zero attached hydrogens (tertiary/aromatic N) is 1. The van der Waals surface area contributed by atoms with Crippen LogP contribution in [0.3, 0.4) is 0 Å². The zero-order valence-electron chi connectivity index (χ0n) is 14.5. The molecule has 1 amide bonds. The number of hydrogen-bond acceptors (Lipinski definition) is 3. The Morgan fingerprint density at radius 1 is 1.28 bits per heavy atom. The second-order valence-corrected chi connectivity index (χ2v) is 8.18. The Morgan fingerprint density at radius 3 is 2.68 bits per heavy atom. The third-order valence-electron chi connectivity index (χ3n) is 4.18. The van der Waals surface area contributed by atoms with E-state index in [9.17, 15) is 17.6 Å². The molecule has 1 aromatic carbocycles. The Bertz CT molecular complexity index is 732. The van der Waals surface area contributed by atoms with Crippen LogP contribution < -0.4 is 9.62 Å². The number of halogens is 1. The third kappa shape index (κ3) is 6.16. The van der Waals surface area contributed by atoms with Gasteiger partial charge in [0.25, 0.3) is 0 Å². The van der Waals surface area contributed by atoms with E-state index >= 15 is 0 Å². The molecule has 0 bridgehead atoms. The highest BCUT2D eigenvalue weighted by molar-refractivity contribution is 7.92. The molecule has 1 N–H and O–H groups in total. The van der Waals surface area contributed by atoms with Crippen LogP contribution in [0.1, 0.15) is 38.5 Å². The summed E-state index contributed by atoms with van der Waals surface area (Å²) in [5.41, 5.74) is 1.27. The summed E-state index contributed by atoms with van der Waals surface area (Å²) in [7, 11) is -3.62. The number of carbonyl (C=O) groups excluding carboxylic acids is 1. The van der Waals surface area contributed by atoms with E-state index in [1.807, 2.05) is 0 Å². The van der Waals surface area contributed by atoms with Crippen molar-refractivity contribution in [1.29, 1.82) is 0 Å². The molecule has 1 aliphatic rings. The standard InChI is InChI=1S/C18H25FN2O3S/c1-25(23,24)21(17-11-6-5-10-16(17)19)13-7-12-18(22)20-14-15-8-3-2-4-9-15/h5-6,8,10-11H,2-4,7,9,12-14H2,1H3,(H,20,22). The number of benzene rings is 1. The lowest BCUT2D eigenvalue weighted by molar-refractivity contribution is -0.120. The summed E-state index contributed by atoms with van der Waals surface area (Å²) in [6, 6.07) is 5.73. The smallest absolute Gasteiger partial charge is 0.232 e. The van der Waals surface area contributed by atoms with Crippen LogP contribution in [-0.4, -0.2) is 33.7 Å². The zero-order chi connectivity index (χ0) is 18.3. The van der Waals surface area contributed by atoms with Crippen molar-refractivity contribution in [2.75, 3.05) is 23.7 Å². The molecule has 2 rings (SSSR count). The van der Waals surface area contributed by atoms with Crippen LogP contribution in [0.5, 0.6) is 0 Å². The van der Waals surface area contributed by atoms with E-state index in [4.69, 9.17) is 0 Å². The lowest BCUT2D eigenvalue weighted by Crippen LogP contribution is -2.33. The van der Waals surface area contributed by atoms with Gasteiger partial charge >= 0.3 is 0 Å².